The van der Waals surface area contributed by atoms with Gasteiger partial charge in [0.1, 0.15) is 0 Å². The molecular formula is C14H18O4. The molecule has 0 amide bonds. The Bertz CT molecular complexity index is 410. The van der Waals surface area contributed by atoms with Crippen LogP contribution in [0, 0.1) is 0 Å². The minimum absolute atomic E-state index is 0.0993. The molecule has 1 aromatic carbocycles. The van der Waals surface area contributed by atoms with Crippen molar-refractivity contribution in [2.24, 2.45) is 0 Å². The molecule has 0 atom stereocenters. The van der Waals surface area contributed by atoms with Crippen LogP contribution in [0.3, 0.4) is 0 Å². The largest absolute Gasteiger partial charge is 0.466 e. The minimum Gasteiger partial charge on any atom is -0.466 e. The highest BCUT2D eigenvalue weighted by molar-refractivity contribution is 5.72. The average molecular weight is 250 g/mol. The topological polar surface area (TPSA) is 44.8 Å². The second kappa shape index (κ2) is 5.98. The fraction of sp³-hybridized carbons (Fsp3) is 0.500. The SMILES string of the molecule is CCOC(=O)Cc1cccc(CC2OC(C)O2)c1. The van der Waals surface area contributed by atoms with Crippen LogP contribution in [0.5, 0.6) is 0 Å². The Kier molecular flexibility index (Phi) is 4.33. The van der Waals surface area contributed by atoms with Gasteiger partial charge in [0.15, 0.2) is 12.6 Å². The Labute approximate surface area is 107 Å². The number of benzene rings is 1. The monoisotopic (exact) mass is 250 g/mol. The lowest BCUT2D eigenvalue weighted by atomic mass is 10.1. The zero-order valence-electron chi connectivity index (χ0n) is 10.7. The molecule has 0 unspecified atom stereocenters. The number of ether oxygens (including phenoxy) is 3. The van der Waals surface area contributed by atoms with Crippen molar-refractivity contribution in [1.82, 2.24) is 0 Å². The van der Waals surface area contributed by atoms with Crippen LogP contribution in [0.15, 0.2) is 24.3 Å². The van der Waals surface area contributed by atoms with E-state index in [9.17, 15) is 4.79 Å². The summed E-state index contributed by atoms with van der Waals surface area (Å²) >= 11 is 0. The summed E-state index contributed by atoms with van der Waals surface area (Å²) in [5.74, 6) is -0.195. The Morgan fingerprint density at radius 3 is 2.72 bits per heavy atom. The molecule has 4 heteroatoms. The summed E-state index contributed by atoms with van der Waals surface area (Å²) in [6.07, 6.45) is 0.765. The lowest BCUT2D eigenvalue weighted by Crippen LogP contribution is -2.40. The van der Waals surface area contributed by atoms with Crippen molar-refractivity contribution < 1.29 is 19.0 Å². The summed E-state index contributed by atoms with van der Waals surface area (Å²) in [7, 11) is 0. The van der Waals surface area contributed by atoms with Crippen molar-refractivity contribution in [3.8, 4) is 0 Å². The molecular weight excluding hydrogens is 232 g/mol. The molecule has 1 aliphatic heterocycles. The molecule has 18 heavy (non-hydrogen) atoms. The number of carbonyl (C=O) groups excluding carboxylic acids is 1. The fourth-order valence-electron chi connectivity index (χ4n) is 1.97. The van der Waals surface area contributed by atoms with Crippen molar-refractivity contribution >= 4 is 5.97 Å². The third-order valence-corrected chi connectivity index (χ3v) is 2.73. The second-order valence-corrected chi connectivity index (χ2v) is 4.28. The highest BCUT2D eigenvalue weighted by atomic mass is 16.9. The third kappa shape index (κ3) is 3.55. The number of hydrogen-bond acceptors (Lipinski definition) is 4. The molecule has 0 aliphatic carbocycles. The van der Waals surface area contributed by atoms with Crippen molar-refractivity contribution in [1.29, 1.82) is 0 Å². The summed E-state index contributed by atoms with van der Waals surface area (Å²) in [6, 6.07) is 7.86. The van der Waals surface area contributed by atoms with Crippen LogP contribution < -0.4 is 0 Å². The quantitative estimate of drug-likeness (QED) is 0.750. The first kappa shape index (κ1) is 13.1. The van der Waals surface area contributed by atoms with Crippen LogP contribution >= 0.6 is 0 Å². The van der Waals surface area contributed by atoms with Gasteiger partial charge in [-0.2, -0.15) is 0 Å². The summed E-state index contributed by atoms with van der Waals surface area (Å²) in [6.45, 7) is 4.09. The van der Waals surface area contributed by atoms with Gasteiger partial charge in [0.25, 0.3) is 0 Å². The molecule has 1 heterocycles. The Hall–Kier alpha value is -1.39. The van der Waals surface area contributed by atoms with Gasteiger partial charge in [0.05, 0.1) is 13.0 Å². The molecule has 4 nitrogen and oxygen atoms in total. The predicted octanol–water partition coefficient (Wildman–Crippen LogP) is 2.05. The summed E-state index contributed by atoms with van der Waals surface area (Å²) in [4.78, 5) is 11.4. The first-order valence-electron chi connectivity index (χ1n) is 6.21. The first-order valence-corrected chi connectivity index (χ1v) is 6.21. The van der Waals surface area contributed by atoms with Crippen LogP contribution in [0.4, 0.5) is 0 Å². The van der Waals surface area contributed by atoms with E-state index in [-0.39, 0.29) is 18.5 Å². The molecule has 1 saturated heterocycles. The second-order valence-electron chi connectivity index (χ2n) is 4.28. The van der Waals surface area contributed by atoms with Gasteiger partial charge in [0, 0.05) is 6.42 Å². The van der Waals surface area contributed by atoms with Gasteiger partial charge in [-0.15, -0.1) is 0 Å². The van der Waals surface area contributed by atoms with Crippen LogP contribution in [-0.2, 0) is 31.8 Å². The van der Waals surface area contributed by atoms with Crippen LogP contribution in [-0.4, -0.2) is 25.2 Å². The van der Waals surface area contributed by atoms with Gasteiger partial charge < -0.3 is 14.2 Å². The van der Waals surface area contributed by atoms with Crippen LogP contribution in [0.2, 0.25) is 0 Å². The van der Waals surface area contributed by atoms with E-state index in [4.69, 9.17) is 14.2 Å². The van der Waals surface area contributed by atoms with Crippen molar-refractivity contribution in [3.05, 3.63) is 35.4 Å². The summed E-state index contributed by atoms with van der Waals surface area (Å²) in [5, 5.41) is 0. The van der Waals surface area contributed by atoms with E-state index in [0.717, 1.165) is 11.1 Å². The third-order valence-electron chi connectivity index (χ3n) is 2.73. The first-order chi connectivity index (χ1) is 8.67. The molecule has 0 N–H and O–H groups in total. The van der Waals surface area contributed by atoms with E-state index in [1.807, 2.05) is 31.2 Å². The zero-order chi connectivity index (χ0) is 13.0. The van der Waals surface area contributed by atoms with Gasteiger partial charge in [-0.05, 0) is 25.0 Å². The number of rotatable bonds is 5. The van der Waals surface area contributed by atoms with E-state index < -0.39 is 0 Å². The van der Waals surface area contributed by atoms with Gasteiger partial charge in [0.2, 0.25) is 0 Å². The standard InChI is InChI=1S/C14H18O4/c1-3-16-13(15)8-11-5-4-6-12(7-11)9-14-17-10(2)18-14/h4-7,10,14H,3,8-9H2,1-2H3. The predicted molar refractivity (Wildman–Crippen MR) is 65.9 cm³/mol. The number of carbonyl (C=O) groups is 1. The number of esters is 1. The van der Waals surface area contributed by atoms with Crippen molar-refractivity contribution in [2.75, 3.05) is 6.61 Å². The smallest absolute Gasteiger partial charge is 0.310 e. The number of hydrogen-bond donors (Lipinski definition) is 0. The fourth-order valence-corrected chi connectivity index (χ4v) is 1.97. The van der Waals surface area contributed by atoms with Crippen LogP contribution in [0.1, 0.15) is 25.0 Å². The van der Waals surface area contributed by atoms with E-state index in [2.05, 4.69) is 0 Å². The molecule has 1 aromatic rings. The Morgan fingerprint density at radius 1 is 1.33 bits per heavy atom. The molecule has 1 aliphatic rings. The molecule has 0 aromatic heterocycles. The van der Waals surface area contributed by atoms with E-state index >= 15 is 0 Å². The minimum atomic E-state index is -0.195. The average Bonchev–Trinajstić information content (AvgIpc) is 2.27. The van der Waals surface area contributed by atoms with Gasteiger partial charge in [-0.1, -0.05) is 24.3 Å². The highest BCUT2D eigenvalue weighted by Crippen LogP contribution is 2.20. The van der Waals surface area contributed by atoms with E-state index in [1.165, 1.54) is 0 Å². The molecule has 1 fully saturated rings. The molecule has 0 radical (unpaired) electrons. The molecule has 0 saturated carbocycles. The van der Waals surface area contributed by atoms with Crippen molar-refractivity contribution in [3.63, 3.8) is 0 Å². The maximum atomic E-state index is 11.4. The Balaban J connectivity index is 1.90. The lowest BCUT2D eigenvalue weighted by Gasteiger charge is -2.33. The Morgan fingerprint density at radius 2 is 2.06 bits per heavy atom. The van der Waals surface area contributed by atoms with Gasteiger partial charge in [-0.25, -0.2) is 0 Å². The van der Waals surface area contributed by atoms with E-state index in [1.54, 1.807) is 6.92 Å². The maximum Gasteiger partial charge on any atom is 0.310 e. The van der Waals surface area contributed by atoms with Crippen LogP contribution in [0.25, 0.3) is 0 Å². The van der Waals surface area contributed by atoms with Crippen molar-refractivity contribution in [2.45, 2.75) is 39.3 Å². The summed E-state index contributed by atoms with van der Waals surface area (Å²) < 4.78 is 15.7. The lowest BCUT2D eigenvalue weighted by molar-refractivity contribution is -0.374. The maximum absolute atomic E-state index is 11.4. The summed E-state index contributed by atoms with van der Waals surface area (Å²) in [5.41, 5.74) is 2.06. The van der Waals surface area contributed by atoms with Gasteiger partial charge in [-0.3, -0.25) is 4.79 Å². The van der Waals surface area contributed by atoms with E-state index in [0.29, 0.717) is 19.4 Å². The normalized spacial score (nSPS) is 22.3. The van der Waals surface area contributed by atoms with Gasteiger partial charge >= 0.3 is 5.97 Å². The molecule has 2 rings (SSSR count). The molecule has 0 bridgehead atoms. The highest BCUT2D eigenvalue weighted by Gasteiger charge is 2.26. The zero-order valence-corrected chi connectivity index (χ0v) is 10.7. The molecule has 98 valence electrons. The molecule has 0 spiro atoms.